The molecule has 0 atom stereocenters. The zero-order valence-corrected chi connectivity index (χ0v) is 11.9. The Morgan fingerprint density at radius 3 is 2.76 bits per heavy atom. The Labute approximate surface area is 111 Å². The minimum atomic E-state index is -0.279. The van der Waals surface area contributed by atoms with E-state index in [0.29, 0.717) is 13.2 Å². The van der Waals surface area contributed by atoms with Crippen molar-refractivity contribution in [1.29, 1.82) is 0 Å². The molecule has 94 valence electrons. The molecule has 0 aliphatic rings. The van der Waals surface area contributed by atoms with Gasteiger partial charge in [-0.1, -0.05) is 35.3 Å². The van der Waals surface area contributed by atoms with Crippen LogP contribution in [0, 0.1) is 0 Å². The minimum Gasteiger partial charge on any atom is -0.449 e. The number of benzene rings is 1. The minimum absolute atomic E-state index is 0.279. The van der Waals surface area contributed by atoms with Gasteiger partial charge in [-0.2, -0.15) is 0 Å². The summed E-state index contributed by atoms with van der Waals surface area (Å²) in [6.45, 7) is 5.00. The molecule has 0 unspecified atom stereocenters. The zero-order chi connectivity index (χ0) is 12.7. The van der Waals surface area contributed by atoms with Crippen LogP contribution in [0.2, 0.25) is 0 Å². The van der Waals surface area contributed by atoms with Gasteiger partial charge in [0.05, 0.1) is 6.61 Å². The lowest BCUT2D eigenvalue weighted by Gasteiger charge is -2.21. The Bertz CT molecular complexity index is 368. The number of carbonyl (C=O) groups is 1. The number of hydrogen-bond acceptors (Lipinski definition) is 2. The van der Waals surface area contributed by atoms with Gasteiger partial charge in [-0.05, 0) is 31.5 Å². The molecule has 0 saturated carbocycles. The van der Waals surface area contributed by atoms with E-state index in [9.17, 15) is 4.79 Å². The molecule has 0 saturated heterocycles. The normalized spacial score (nSPS) is 10.1. The second-order valence-corrected chi connectivity index (χ2v) is 4.60. The standard InChI is InChI=1S/C13H18BrNO2/c1-3-5-9-15(13(16)17-4-2)12-8-6-7-11(14)10-12/h6-8,10H,3-5,9H2,1-2H3. The fourth-order valence-corrected chi connectivity index (χ4v) is 1.87. The average molecular weight is 300 g/mol. The van der Waals surface area contributed by atoms with Crippen molar-refractivity contribution in [3.8, 4) is 0 Å². The molecule has 0 spiro atoms. The molecular formula is C13H18BrNO2. The predicted octanol–water partition coefficient (Wildman–Crippen LogP) is 4.21. The quantitative estimate of drug-likeness (QED) is 0.815. The first-order chi connectivity index (χ1) is 8.19. The number of carbonyl (C=O) groups excluding carboxylic acids is 1. The number of ether oxygens (including phenoxy) is 1. The Hall–Kier alpha value is -1.03. The van der Waals surface area contributed by atoms with Crippen LogP contribution in [-0.4, -0.2) is 19.2 Å². The summed E-state index contributed by atoms with van der Waals surface area (Å²) in [5.41, 5.74) is 0.867. The molecule has 17 heavy (non-hydrogen) atoms. The highest BCUT2D eigenvalue weighted by molar-refractivity contribution is 9.10. The Balaban J connectivity index is 2.85. The van der Waals surface area contributed by atoms with Crippen LogP contribution in [-0.2, 0) is 4.74 Å². The molecule has 3 nitrogen and oxygen atoms in total. The molecule has 1 aromatic rings. The predicted molar refractivity (Wildman–Crippen MR) is 73.4 cm³/mol. The number of nitrogens with zero attached hydrogens (tertiary/aromatic N) is 1. The molecule has 0 radical (unpaired) electrons. The number of rotatable bonds is 5. The summed E-state index contributed by atoms with van der Waals surface area (Å²) < 4.78 is 6.03. The van der Waals surface area contributed by atoms with E-state index in [-0.39, 0.29) is 6.09 Å². The third-order valence-corrected chi connectivity index (χ3v) is 2.84. The van der Waals surface area contributed by atoms with Gasteiger partial charge in [0.2, 0.25) is 0 Å². The second kappa shape index (κ2) is 7.33. The van der Waals surface area contributed by atoms with Crippen LogP contribution in [0.5, 0.6) is 0 Å². The van der Waals surface area contributed by atoms with Gasteiger partial charge in [0, 0.05) is 16.7 Å². The van der Waals surface area contributed by atoms with Crippen molar-refractivity contribution in [1.82, 2.24) is 0 Å². The zero-order valence-electron chi connectivity index (χ0n) is 10.3. The summed E-state index contributed by atoms with van der Waals surface area (Å²) in [5.74, 6) is 0. The number of halogens is 1. The van der Waals surface area contributed by atoms with E-state index in [0.717, 1.165) is 23.0 Å². The lowest BCUT2D eigenvalue weighted by atomic mass is 10.2. The van der Waals surface area contributed by atoms with Crippen molar-refractivity contribution < 1.29 is 9.53 Å². The van der Waals surface area contributed by atoms with E-state index < -0.39 is 0 Å². The molecule has 0 aliphatic carbocycles. The lowest BCUT2D eigenvalue weighted by molar-refractivity contribution is 0.159. The van der Waals surface area contributed by atoms with Crippen LogP contribution >= 0.6 is 15.9 Å². The Morgan fingerprint density at radius 1 is 1.41 bits per heavy atom. The smallest absolute Gasteiger partial charge is 0.414 e. The van der Waals surface area contributed by atoms with E-state index in [1.165, 1.54) is 0 Å². The van der Waals surface area contributed by atoms with Gasteiger partial charge in [-0.25, -0.2) is 4.79 Å². The van der Waals surface area contributed by atoms with Crippen LogP contribution in [0.1, 0.15) is 26.7 Å². The highest BCUT2D eigenvalue weighted by Gasteiger charge is 2.16. The summed E-state index contributed by atoms with van der Waals surface area (Å²) in [7, 11) is 0. The van der Waals surface area contributed by atoms with Crippen molar-refractivity contribution >= 4 is 27.7 Å². The first-order valence-corrected chi connectivity index (χ1v) is 6.68. The largest absolute Gasteiger partial charge is 0.449 e. The molecular weight excluding hydrogens is 282 g/mol. The summed E-state index contributed by atoms with van der Waals surface area (Å²) in [5, 5.41) is 0. The van der Waals surface area contributed by atoms with Gasteiger partial charge in [-0.3, -0.25) is 4.90 Å². The summed E-state index contributed by atoms with van der Waals surface area (Å²) in [4.78, 5) is 13.5. The van der Waals surface area contributed by atoms with E-state index >= 15 is 0 Å². The van der Waals surface area contributed by atoms with Crippen LogP contribution in [0.25, 0.3) is 0 Å². The van der Waals surface area contributed by atoms with Gasteiger partial charge in [0.1, 0.15) is 0 Å². The maximum absolute atomic E-state index is 11.8. The van der Waals surface area contributed by atoms with Gasteiger partial charge in [0.15, 0.2) is 0 Å². The van der Waals surface area contributed by atoms with Crippen LogP contribution < -0.4 is 4.90 Å². The van der Waals surface area contributed by atoms with Crippen molar-refractivity contribution in [2.75, 3.05) is 18.1 Å². The van der Waals surface area contributed by atoms with Crippen molar-refractivity contribution in [3.05, 3.63) is 28.7 Å². The number of amides is 1. The van der Waals surface area contributed by atoms with Gasteiger partial charge >= 0.3 is 6.09 Å². The van der Waals surface area contributed by atoms with Crippen LogP contribution in [0.4, 0.5) is 10.5 Å². The first kappa shape index (κ1) is 14.0. The number of unbranched alkanes of at least 4 members (excludes halogenated alkanes) is 1. The van der Waals surface area contributed by atoms with Crippen molar-refractivity contribution in [2.45, 2.75) is 26.7 Å². The highest BCUT2D eigenvalue weighted by Crippen LogP contribution is 2.21. The molecule has 1 aromatic carbocycles. The molecule has 0 heterocycles. The van der Waals surface area contributed by atoms with E-state index in [1.54, 1.807) is 4.90 Å². The van der Waals surface area contributed by atoms with Crippen molar-refractivity contribution in [2.24, 2.45) is 0 Å². The molecule has 1 amide bonds. The SMILES string of the molecule is CCCCN(C(=O)OCC)c1cccc(Br)c1. The summed E-state index contributed by atoms with van der Waals surface area (Å²) >= 11 is 3.41. The Kier molecular flexibility index (Phi) is 6.05. The van der Waals surface area contributed by atoms with E-state index in [1.807, 2.05) is 31.2 Å². The maximum Gasteiger partial charge on any atom is 0.414 e. The maximum atomic E-state index is 11.8. The van der Waals surface area contributed by atoms with Crippen molar-refractivity contribution in [3.63, 3.8) is 0 Å². The molecule has 0 N–H and O–H groups in total. The third-order valence-electron chi connectivity index (χ3n) is 2.34. The molecule has 0 fully saturated rings. The molecule has 0 aromatic heterocycles. The lowest BCUT2D eigenvalue weighted by Crippen LogP contribution is -2.32. The number of anilines is 1. The van der Waals surface area contributed by atoms with E-state index in [2.05, 4.69) is 22.9 Å². The van der Waals surface area contributed by atoms with Gasteiger partial charge < -0.3 is 4.74 Å². The molecule has 0 bridgehead atoms. The fourth-order valence-electron chi connectivity index (χ4n) is 1.49. The average Bonchev–Trinajstić information content (AvgIpc) is 2.30. The highest BCUT2D eigenvalue weighted by atomic mass is 79.9. The number of hydrogen-bond donors (Lipinski definition) is 0. The monoisotopic (exact) mass is 299 g/mol. The topological polar surface area (TPSA) is 29.5 Å². The molecule has 1 rings (SSSR count). The van der Waals surface area contributed by atoms with Crippen LogP contribution in [0.3, 0.4) is 0 Å². The van der Waals surface area contributed by atoms with Gasteiger partial charge in [-0.15, -0.1) is 0 Å². The van der Waals surface area contributed by atoms with E-state index in [4.69, 9.17) is 4.74 Å². The van der Waals surface area contributed by atoms with Crippen LogP contribution in [0.15, 0.2) is 28.7 Å². The molecule has 4 heteroatoms. The first-order valence-electron chi connectivity index (χ1n) is 5.88. The second-order valence-electron chi connectivity index (χ2n) is 3.68. The molecule has 0 aliphatic heterocycles. The summed E-state index contributed by atoms with van der Waals surface area (Å²) in [6, 6.07) is 7.69. The third kappa shape index (κ3) is 4.38. The fraction of sp³-hybridized carbons (Fsp3) is 0.462. The Morgan fingerprint density at radius 2 is 2.18 bits per heavy atom. The summed E-state index contributed by atoms with van der Waals surface area (Å²) in [6.07, 6.45) is 1.73. The van der Waals surface area contributed by atoms with Gasteiger partial charge in [0.25, 0.3) is 0 Å².